The standard InChI is InChI=1S/C18H30N2O2/c1-14(13-17(21)18-7-4-12-22-18)19-15-8-10-20(11-9-15)16-5-2-3-6-16/h4,7,12,14-17,19,21H,2-3,5-6,8-11,13H2,1H3. The van der Waals surface area contributed by atoms with Crippen LogP contribution in [0.4, 0.5) is 0 Å². The van der Waals surface area contributed by atoms with Crippen molar-refractivity contribution in [2.45, 2.75) is 76.1 Å². The summed E-state index contributed by atoms with van der Waals surface area (Å²) in [4.78, 5) is 2.70. The largest absolute Gasteiger partial charge is 0.467 e. The minimum atomic E-state index is -0.504. The van der Waals surface area contributed by atoms with Gasteiger partial charge in [-0.2, -0.15) is 0 Å². The molecule has 0 aromatic carbocycles. The van der Waals surface area contributed by atoms with Crippen molar-refractivity contribution in [1.29, 1.82) is 0 Å². The van der Waals surface area contributed by atoms with Crippen molar-refractivity contribution in [2.24, 2.45) is 0 Å². The monoisotopic (exact) mass is 306 g/mol. The number of likely N-dealkylation sites (tertiary alicyclic amines) is 1. The summed E-state index contributed by atoms with van der Waals surface area (Å²) in [7, 11) is 0. The number of hydrogen-bond acceptors (Lipinski definition) is 4. The maximum atomic E-state index is 10.2. The summed E-state index contributed by atoms with van der Waals surface area (Å²) >= 11 is 0. The Balaban J connectivity index is 1.38. The molecule has 1 saturated heterocycles. The highest BCUT2D eigenvalue weighted by Gasteiger charge is 2.27. The Morgan fingerprint density at radius 3 is 2.64 bits per heavy atom. The van der Waals surface area contributed by atoms with Crippen LogP contribution in [0.3, 0.4) is 0 Å². The molecule has 1 saturated carbocycles. The molecule has 124 valence electrons. The average Bonchev–Trinajstić information content (AvgIpc) is 3.21. The van der Waals surface area contributed by atoms with E-state index in [9.17, 15) is 5.11 Å². The minimum Gasteiger partial charge on any atom is -0.467 e. The first-order valence-corrected chi connectivity index (χ1v) is 8.94. The molecule has 0 spiro atoms. The number of nitrogens with one attached hydrogen (secondary N) is 1. The van der Waals surface area contributed by atoms with E-state index >= 15 is 0 Å². The second-order valence-electron chi connectivity index (χ2n) is 7.08. The van der Waals surface area contributed by atoms with Crippen LogP contribution < -0.4 is 5.32 Å². The highest BCUT2D eigenvalue weighted by Crippen LogP contribution is 2.26. The van der Waals surface area contributed by atoms with E-state index in [4.69, 9.17) is 4.42 Å². The predicted molar refractivity (Wildman–Crippen MR) is 87.7 cm³/mol. The quantitative estimate of drug-likeness (QED) is 0.848. The third-order valence-corrected chi connectivity index (χ3v) is 5.34. The van der Waals surface area contributed by atoms with Crippen molar-refractivity contribution in [3.05, 3.63) is 24.2 Å². The SMILES string of the molecule is CC(CC(O)c1ccco1)NC1CCN(C2CCCC2)CC1. The van der Waals surface area contributed by atoms with Crippen LogP contribution in [-0.2, 0) is 0 Å². The molecule has 0 radical (unpaired) electrons. The normalized spacial score (nSPS) is 24.6. The van der Waals surface area contributed by atoms with Gasteiger partial charge in [-0.1, -0.05) is 12.8 Å². The lowest BCUT2D eigenvalue weighted by atomic mass is 10.00. The molecule has 2 heterocycles. The molecule has 2 unspecified atom stereocenters. The van der Waals surface area contributed by atoms with Crippen LogP contribution in [-0.4, -0.2) is 41.2 Å². The Morgan fingerprint density at radius 2 is 2.00 bits per heavy atom. The lowest BCUT2D eigenvalue weighted by Crippen LogP contribution is -2.48. The van der Waals surface area contributed by atoms with Crippen LogP contribution in [0.25, 0.3) is 0 Å². The fourth-order valence-electron chi connectivity index (χ4n) is 4.10. The number of furan rings is 1. The van der Waals surface area contributed by atoms with Gasteiger partial charge in [0.15, 0.2) is 0 Å². The molecule has 1 aliphatic carbocycles. The van der Waals surface area contributed by atoms with Crippen LogP contribution in [0.1, 0.15) is 63.7 Å². The first-order chi connectivity index (χ1) is 10.7. The Labute approximate surface area is 133 Å². The minimum absolute atomic E-state index is 0.308. The summed E-state index contributed by atoms with van der Waals surface area (Å²) in [6.45, 7) is 4.63. The van der Waals surface area contributed by atoms with Gasteiger partial charge in [0.05, 0.1) is 6.26 Å². The fraction of sp³-hybridized carbons (Fsp3) is 0.778. The van der Waals surface area contributed by atoms with Gasteiger partial charge >= 0.3 is 0 Å². The van der Waals surface area contributed by atoms with E-state index in [1.807, 2.05) is 12.1 Å². The molecule has 2 N–H and O–H groups in total. The third kappa shape index (κ3) is 4.12. The van der Waals surface area contributed by atoms with Crippen molar-refractivity contribution >= 4 is 0 Å². The molecule has 2 aliphatic rings. The molecule has 0 amide bonds. The molecule has 0 bridgehead atoms. The highest BCUT2D eigenvalue weighted by molar-refractivity contribution is 5.02. The lowest BCUT2D eigenvalue weighted by molar-refractivity contribution is 0.114. The molecule has 4 nitrogen and oxygen atoms in total. The first-order valence-electron chi connectivity index (χ1n) is 8.94. The molecule has 1 aliphatic heterocycles. The van der Waals surface area contributed by atoms with Gasteiger partial charge in [0.2, 0.25) is 0 Å². The maximum Gasteiger partial charge on any atom is 0.132 e. The molecule has 1 aromatic rings. The van der Waals surface area contributed by atoms with E-state index in [2.05, 4.69) is 17.1 Å². The summed E-state index contributed by atoms with van der Waals surface area (Å²) in [6.07, 6.45) is 9.94. The zero-order chi connectivity index (χ0) is 15.4. The summed E-state index contributed by atoms with van der Waals surface area (Å²) in [5, 5.41) is 13.8. The van der Waals surface area contributed by atoms with Gasteiger partial charge in [-0.3, -0.25) is 0 Å². The summed E-state index contributed by atoms with van der Waals surface area (Å²) in [6, 6.07) is 5.44. The van der Waals surface area contributed by atoms with E-state index < -0.39 is 6.10 Å². The zero-order valence-corrected chi connectivity index (χ0v) is 13.7. The molecular formula is C18H30N2O2. The number of rotatable bonds is 6. The summed E-state index contributed by atoms with van der Waals surface area (Å²) < 4.78 is 5.27. The number of hydrogen-bond donors (Lipinski definition) is 2. The molecule has 4 heteroatoms. The predicted octanol–water partition coefficient (Wildman–Crippen LogP) is 3.09. The average molecular weight is 306 g/mol. The van der Waals surface area contributed by atoms with E-state index in [-0.39, 0.29) is 0 Å². The molecule has 2 atom stereocenters. The van der Waals surface area contributed by atoms with Crippen LogP contribution in [0.5, 0.6) is 0 Å². The van der Waals surface area contributed by atoms with Gasteiger partial charge in [-0.25, -0.2) is 0 Å². The number of aliphatic hydroxyl groups is 1. The molecule has 3 rings (SSSR count). The first kappa shape index (κ1) is 16.0. The fourth-order valence-corrected chi connectivity index (χ4v) is 4.10. The van der Waals surface area contributed by atoms with Gasteiger partial charge in [-0.15, -0.1) is 0 Å². The third-order valence-electron chi connectivity index (χ3n) is 5.34. The van der Waals surface area contributed by atoms with E-state index in [0.29, 0.717) is 24.3 Å². The van der Waals surface area contributed by atoms with Crippen molar-refractivity contribution in [3.63, 3.8) is 0 Å². The van der Waals surface area contributed by atoms with E-state index in [0.717, 1.165) is 6.04 Å². The molecule has 2 fully saturated rings. The van der Waals surface area contributed by atoms with Gasteiger partial charge < -0.3 is 19.7 Å². The maximum absolute atomic E-state index is 10.2. The Kier molecular flexibility index (Phi) is 5.55. The Morgan fingerprint density at radius 1 is 1.27 bits per heavy atom. The lowest BCUT2D eigenvalue weighted by Gasteiger charge is -2.37. The summed E-state index contributed by atoms with van der Waals surface area (Å²) in [5.41, 5.74) is 0. The Hall–Kier alpha value is -0.840. The van der Waals surface area contributed by atoms with Crippen molar-refractivity contribution in [3.8, 4) is 0 Å². The van der Waals surface area contributed by atoms with Crippen molar-refractivity contribution in [1.82, 2.24) is 10.2 Å². The number of aliphatic hydroxyl groups excluding tert-OH is 1. The number of piperidine rings is 1. The zero-order valence-electron chi connectivity index (χ0n) is 13.7. The van der Waals surface area contributed by atoms with Crippen LogP contribution in [0.15, 0.2) is 22.8 Å². The van der Waals surface area contributed by atoms with Gasteiger partial charge in [0.1, 0.15) is 11.9 Å². The Bertz CT molecular complexity index is 420. The van der Waals surface area contributed by atoms with Gasteiger partial charge in [-0.05, 0) is 64.3 Å². The highest BCUT2D eigenvalue weighted by atomic mass is 16.4. The molecule has 1 aromatic heterocycles. The van der Waals surface area contributed by atoms with Crippen LogP contribution in [0, 0.1) is 0 Å². The van der Waals surface area contributed by atoms with E-state index in [1.54, 1.807) is 6.26 Å². The van der Waals surface area contributed by atoms with Gasteiger partial charge in [0, 0.05) is 18.1 Å². The smallest absolute Gasteiger partial charge is 0.132 e. The second-order valence-corrected chi connectivity index (χ2v) is 7.08. The topological polar surface area (TPSA) is 48.6 Å². The molecular weight excluding hydrogens is 276 g/mol. The molecule has 22 heavy (non-hydrogen) atoms. The second kappa shape index (κ2) is 7.62. The van der Waals surface area contributed by atoms with Crippen molar-refractivity contribution < 1.29 is 9.52 Å². The van der Waals surface area contributed by atoms with Crippen LogP contribution in [0.2, 0.25) is 0 Å². The van der Waals surface area contributed by atoms with Crippen LogP contribution >= 0.6 is 0 Å². The van der Waals surface area contributed by atoms with Crippen molar-refractivity contribution in [2.75, 3.05) is 13.1 Å². The summed E-state index contributed by atoms with van der Waals surface area (Å²) in [5.74, 6) is 0.671. The van der Waals surface area contributed by atoms with E-state index in [1.165, 1.54) is 51.6 Å². The van der Waals surface area contributed by atoms with Gasteiger partial charge in [0.25, 0.3) is 0 Å². The number of nitrogens with zero attached hydrogens (tertiary/aromatic N) is 1.